The fourth-order valence-corrected chi connectivity index (χ4v) is 1.41. The molecule has 0 aromatic heterocycles. The Bertz CT molecular complexity index is 155. The molecule has 1 N–H and O–H groups in total. The molecular formula is C10H18O2. The molecule has 2 nitrogen and oxygen atoms in total. The van der Waals surface area contributed by atoms with Gasteiger partial charge in [0.25, 0.3) is 0 Å². The Morgan fingerprint density at radius 1 is 1.67 bits per heavy atom. The first-order valence-electron chi connectivity index (χ1n) is 4.64. The third kappa shape index (κ3) is 2.95. The highest BCUT2D eigenvalue weighted by molar-refractivity contribution is 5.05. The number of ether oxygens (including phenoxy) is 1. The van der Waals surface area contributed by atoms with Crippen LogP contribution in [0, 0.1) is 5.92 Å². The minimum absolute atomic E-state index is 0.313. The third-order valence-electron chi connectivity index (χ3n) is 2.35. The summed E-state index contributed by atoms with van der Waals surface area (Å²) in [6.45, 7) is 5.50. The molecule has 2 heteroatoms. The van der Waals surface area contributed by atoms with E-state index < -0.39 is 0 Å². The van der Waals surface area contributed by atoms with Crippen molar-refractivity contribution in [1.82, 2.24) is 0 Å². The van der Waals surface area contributed by atoms with Crippen molar-refractivity contribution in [2.24, 2.45) is 5.92 Å². The maximum Gasteiger partial charge on any atom is 0.0719 e. The molecule has 1 saturated heterocycles. The molecule has 0 bridgehead atoms. The highest BCUT2D eigenvalue weighted by Gasteiger charge is 2.12. The highest BCUT2D eigenvalue weighted by atomic mass is 16.5. The maximum atomic E-state index is 9.24. The van der Waals surface area contributed by atoms with Gasteiger partial charge in [0, 0.05) is 12.5 Å². The van der Waals surface area contributed by atoms with Crippen molar-refractivity contribution in [2.75, 3.05) is 13.2 Å². The van der Waals surface area contributed by atoms with Crippen molar-refractivity contribution in [3.8, 4) is 0 Å². The summed E-state index contributed by atoms with van der Waals surface area (Å²) in [6, 6.07) is 0. The van der Waals surface area contributed by atoms with E-state index in [1.165, 1.54) is 6.42 Å². The van der Waals surface area contributed by atoms with Crippen LogP contribution in [0.4, 0.5) is 0 Å². The minimum Gasteiger partial charge on any atom is -0.389 e. The van der Waals surface area contributed by atoms with E-state index in [0.717, 1.165) is 25.2 Å². The zero-order valence-electron chi connectivity index (χ0n) is 7.92. The zero-order valence-corrected chi connectivity index (χ0v) is 7.92. The Morgan fingerprint density at radius 3 is 2.92 bits per heavy atom. The molecule has 0 amide bonds. The van der Waals surface area contributed by atoms with E-state index in [4.69, 9.17) is 4.74 Å². The van der Waals surface area contributed by atoms with Crippen molar-refractivity contribution < 1.29 is 9.84 Å². The third-order valence-corrected chi connectivity index (χ3v) is 2.35. The maximum absolute atomic E-state index is 9.24. The van der Waals surface area contributed by atoms with E-state index in [0.29, 0.717) is 5.92 Å². The first kappa shape index (κ1) is 9.75. The lowest BCUT2D eigenvalue weighted by molar-refractivity contribution is 0.0703. The van der Waals surface area contributed by atoms with Crippen LogP contribution in [0.1, 0.15) is 26.7 Å². The molecule has 0 saturated carbocycles. The van der Waals surface area contributed by atoms with Gasteiger partial charge < -0.3 is 9.84 Å². The lowest BCUT2D eigenvalue weighted by atomic mass is 9.98. The van der Waals surface area contributed by atoms with Crippen molar-refractivity contribution in [2.45, 2.75) is 32.8 Å². The van der Waals surface area contributed by atoms with Gasteiger partial charge in [-0.25, -0.2) is 0 Å². The van der Waals surface area contributed by atoms with Crippen molar-refractivity contribution in [3.05, 3.63) is 11.6 Å². The Labute approximate surface area is 74.2 Å². The molecule has 2 unspecified atom stereocenters. The molecule has 1 fully saturated rings. The van der Waals surface area contributed by atoms with Crippen LogP contribution >= 0.6 is 0 Å². The van der Waals surface area contributed by atoms with Crippen molar-refractivity contribution in [1.29, 1.82) is 0 Å². The molecule has 0 radical (unpaired) electrons. The van der Waals surface area contributed by atoms with Crippen molar-refractivity contribution >= 4 is 0 Å². The topological polar surface area (TPSA) is 29.5 Å². The van der Waals surface area contributed by atoms with Gasteiger partial charge in [0.15, 0.2) is 0 Å². The highest BCUT2D eigenvalue weighted by Crippen LogP contribution is 2.17. The molecule has 1 aliphatic heterocycles. The Hall–Kier alpha value is -0.340. The van der Waals surface area contributed by atoms with Crippen LogP contribution in [0.3, 0.4) is 0 Å². The van der Waals surface area contributed by atoms with Gasteiger partial charge in [-0.2, -0.15) is 0 Å². The Kier molecular flexibility index (Phi) is 3.76. The van der Waals surface area contributed by atoms with Gasteiger partial charge in [0.1, 0.15) is 0 Å². The first-order chi connectivity index (χ1) is 5.70. The van der Waals surface area contributed by atoms with E-state index in [1.54, 1.807) is 6.92 Å². The normalized spacial score (nSPS) is 28.6. The summed E-state index contributed by atoms with van der Waals surface area (Å²) in [5.74, 6) is 0.522. The van der Waals surface area contributed by atoms with Gasteiger partial charge in [-0.05, 0) is 32.3 Å². The monoisotopic (exact) mass is 170 g/mol. The molecule has 0 aromatic carbocycles. The van der Waals surface area contributed by atoms with E-state index in [-0.39, 0.29) is 6.10 Å². The van der Waals surface area contributed by atoms with Gasteiger partial charge in [0.2, 0.25) is 0 Å². The summed E-state index contributed by atoms with van der Waals surface area (Å²) in [7, 11) is 0. The molecule has 0 aromatic rings. The van der Waals surface area contributed by atoms with Crippen LogP contribution in [0.2, 0.25) is 0 Å². The summed E-state index contributed by atoms with van der Waals surface area (Å²) in [5, 5.41) is 9.24. The average molecular weight is 170 g/mol. The number of hydrogen-bond acceptors (Lipinski definition) is 2. The van der Waals surface area contributed by atoms with Gasteiger partial charge in [0.05, 0.1) is 12.7 Å². The second-order valence-electron chi connectivity index (χ2n) is 3.56. The predicted molar refractivity (Wildman–Crippen MR) is 49.0 cm³/mol. The van der Waals surface area contributed by atoms with Crippen LogP contribution < -0.4 is 0 Å². The van der Waals surface area contributed by atoms with E-state index in [2.05, 4.69) is 6.08 Å². The molecule has 12 heavy (non-hydrogen) atoms. The number of rotatable bonds is 2. The van der Waals surface area contributed by atoms with Crippen LogP contribution in [-0.2, 0) is 4.74 Å². The SMILES string of the molecule is C/C(=C\C1CCCOC1)C(C)O. The largest absolute Gasteiger partial charge is 0.389 e. The molecule has 0 aliphatic carbocycles. The molecule has 2 atom stereocenters. The van der Waals surface area contributed by atoms with E-state index >= 15 is 0 Å². The standard InChI is InChI=1S/C10H18O2/c1-8(9(2)11)6-10-4-3-5-12-7-10/h6,9-11H,3-5,7H2,1-2H3/b8-6+. The molecule has 70 valence electrons. The van der Waals surface area contributed by atoms with Crippen LogP contribution in [0.5, 0.6) is 0 Å². The molecule has 1 rings (SSSR count). The van der Waals surface area contributed by atoms with Crippen LogP contribution in [0.15, 0.2) is 11.6 Å². The molecular weight excluding hydrogens is 152 g/mol. The summed E-state index contributed by atoms with van der Waals surface area (Å²) < 4.78 is 5.34. The van der Waals surface area contributed by atoms with Gasteiger partial charge >= 0.3 is 0 Å². The van der Waals surface area contributed by atoms with Crippen LogP contribution in [0.25, 0.3) is 0 Å². The van der Waals surface area contributed by atoms with Gasteiger partial charge in [-0.15, -0.1) is 0 Å². The minimum atomic E-state index is -0.313. The van der Waals surface area contributed by atoms with E-state index in [9.17, 15) is 5.11 Å². The lowest BCUT2D eigenvalue weighted by Gasteiger charge is -2.20. The van der Waals surface area contributed by atoms with Gasteiger partial charge in [-0.1, -0.05) is 6.08 Å². The molecule has 0 spiro atoms. The lowest BCUT2D eigenvalue weighted by Crippen LogP contribution is -2.16. The van der Waals surface area contributed by atoms with Crippen molar-refractivity contribution in [3.63, 3.8) is 0 Å². The summed E-state index contributed by atoms with van der Waals surface area (Å²) in [5.41, 5.74) is 1.06. The second kappa shape index (κ2) is 4.63. The Balaban J connectivity index is 2.41. The fourth-order valence-electron chi connectivity index (χ4n) is 1.41. The fraction of sp³-hybridized carbons (Fsp3) is 0.800. The second-order valence-corrected chi connectivity index (χ2v) is 3.56. The number of aliphatic hydroxyl groups excluding tert-OH is 1. The number of aliphatic hydroxyl groups is 1. The van der Waals surface area contributed by atoms with E-state index in [1.807, 2.05) is 6.92 Å². The van der Waals surface area contributed by atoms with Gasteiger partial charge in [-0.3, -0.25) is 0 Å². The quantitative estimate of drug-likeness (QED) is 0.640. The predicted octanol–water partition coefficient (Wildman–Crippen LogP) is 1.74. The number of hydrogen-bond donors (Lipinski definition) is 1. The summed E-state index contributed by atoms with van der Waals surface area (Å²) in [6.07, 6.45) is 4.18. The zero-order chi connectivity index (χ0) is 8.97. The smallest absolute Gasteiger partial charge is 0.0719 e. The summed E-state index contributed by atoms with van der Waals surface area (Å²) in [4.78, 5) is 0. The summed E-state index contributed by atoms with van der Waals surface area (Å²) >= 11 is 0. The first-order valence-corrected chi connectivity index (χ1v) is 4.64. The average Bonchev–Trinajstić information content (AvgIpc) is 2.06. The van der Waals surface area contributed by atoms with Crippen LogP contribution in [-0.4, -0.2) is 24.4 Å². The molecule has 1 heterocycles. The Morgan fingerprint density at radius 2 is 2.42 bits per heavy atom. The molecule has 1 aliphatic rings.